The van der Waals surface area contributed by atoms with E-state index in [-0.39, 0.29) is 0 Å². The van der Waals surface area contributed by atoms with Crippen LogP contribution < -0.4 is 10.2 Å². The maximum absolute atomic E-state index is 4.49. The molecule has 0 amide bonds. The molecule has 0 unspecified atom stereocenters. The maximum atomic E-state index is 4.49. The van der Waals surface area contributed by atoms with Crippen molar-refractivity contribution in [3.63, 3.8) is 0 Å². The van der Waals surface area contributed by atoms with Gasteiger partial charge in [-0.05, 0) is 29.8 Å². The summed E-state index contributed by atoms with van der Waals surface area (Å²) < 4.78 is 0. The topological polar surface area (TPSA) is 66.8 Å². The molecule has 0 saturated heterocycles. The molecule has 6 heteroatoms. The number of benzene rings is 1. The van der Waals surface area contributed by atoms with E-state index in [4.69, 9.17) is 0 Å². The Hall–Kier alpha value is -3.02. The molecule has 0 aliphatic carbocycles. The Morgan fingerprint density at radius 2 is 1.82 bits per heavy atom. The van der Waals surface area contributed by atoms with E-state index < -0.39 is 0 Å². The Kier molecular flexibility index (Phi) is 4.20. The molecule has 0 spiro atoms. The van der Waals surface area contributed by atoms with Crippen LogP contribution in [0.3, 0.4) is 0 Å². The molecule has 2 heterocycles. The number of hydrogen-bond donors (Lipinski definition) is 1. The molecule has 0 bridgehead atoms. The zero-order valence-electron chi connectivity index (χ0n) is 12.2. The van der Waals surface area contributed by atoms with Gasteiger partial charge in [-0.15, -0.1) is 5.10 Å². The van der Waals surface area contributed by atoms with Gasteiger partial charge in [0.05, 0.1) is 6.20 Å². The second kappa shape index (κ2) is 6.62. The number of hydrogen-bond acceptors (Lipinski definition) is 6. The predicted octanol–water partition coefficient (Wildman–Crippen LogP) is 2.65. The molecular formula is C16H16N6. The van der Waals surface area contributed by atoms with Gasteiger partial charge in [0, 0.05) is 31.7 Å². The predicted molar refractivity (Wildman–Crippen MR) is 85.9 cm³/mol. The third-order valence-corrected chi connectivity index (χ3v) is 3.21. The molecule has 2 aromatic heterocycles. The Labute approximate surface area is 128 Å². The van der Waals surface area contributed by atoms with Gasteiger partial charge in [-0.2, -0.15) is 10.1 Å². The summed E-state index contributed by atoms with van der Waals surface area (Å²) in [7, 11) is 1.92. The van der Waals surface area contributed by atoms with Gasteiger partial charge in [-0.3, -0.25) is 4.98 Å². The minimum atomic E-state index is 0.547. The van der Waals surface area contributed by atoms with E-state index in [1.807, 2.05) is 54.4 Å². The highest BCUT2D eigenvalue weighted by Gasteiger charge is 2.08. The first kappa shape index (κ1) is 13.9. The summed E-state index contributed by atoms with van der Waals surface area (Å²) >= 11 is 0. The number of nitrogens with zero attached hydrogens (tertiary/aromatic N) is 5. The van der Waals surface area contributed by atoms with Crippen LogP contribution in [0.15, 0.2) is 61.1 Å². The fourth-order valence-corrected chi connectivity index (χ4v) is 1.98. The molecule has 110 valence electrons. The van der Waals surface area contributed by atoms with Crippen molar-refractivity contribution in [3.8, 4) is 0 Å². The smallest absolute Gasteiger partial charge is 0.251 e. The first-order chi connectivity index (χ1) is 10.8. The minimum absolute atomic E-state index is 0.547. The lowest BCUT2D eigenvalue weighted by atomic mass is 10.3. The van der Waals surface area contributed by atoms with Crippen molar-refractivity contribution in [1.29, 1.82) is 0 Å². The van der Waals surface area contributed by atoms with Gasteiger partial charge >= 0.3 is 0 Å². The largest absolute Gasteiger partial charge is 0.365 e. The van der Waals surface area contributed by atoms with E-state index in [2.05, 4.69) is 25.5 Å². The van der Waals surface area contributed by atoms with Gasteiger partial charge in [0.25, 0.3) is 5.95 Å². The van der Waals surface area contributed by atoms with Crippen molar-refractivity contribution < 1.29 is 0 Å². The molecule has 0 saturated carbocycles. The molecule has 0 fully saturated rings. The van der Waals surface area contributed by atoms with Gasteiger partial charge in [0.1, 0.15) is 0 Å². The van der Waals surface area contributed by atoms with Crippen molar-refractivity contribution in [1.82, 2.24) is 20.2 Å². The minimum Gasteiger partial charge on any atom is -0.365 e. The molecule has 3 rings (SSSR count). The standard InChI is InChI=1S/C16H16N6/c1-22(14-5-3-2-4-6-14)16-20-15(12-19-21-16)18-11-13-7-9-17-10-8-13/h2-10,12H,11H2,1H3,(H,18,20,21). The maximum Gasteiger partial charge on any atom is 0.251 e. The normalized spacial score (nSPS) is 10.2. The van der Waals surface area contributed by atoms with Crippen LogP contribution in [0, 0.1) is 0 Å². The average Bonchev–Trinajstić information content (AvgIpc) is 2.61. The van der Waals surface area contributed by atoms with E-state index in [0.717, 1.165) is 11.3 Å². The second-order valence-corrected chi connectivity index (χ2v) is 4.75. The average molecular weight is 292 g/mol. The summed E-state index contributed by atoms with van der Waals surface area (Å²) in [4.78, 5) is 10.4. The van der Waals surface area contributed by atoms with Gasteiger partial charge in [-0.1, -0.05) is 18.2 Å². The first-order valence-electron chi connectivity index (χ1n) is 6.94. The van der Waals surface area contributed by atoms with Crippen molar-refractivity contribution in [2.45, 2.75) is 6.54 Å². The Balaban J connectivity index is 1.72. The summed E-state index contributed by atoms with van der Waals surface area (Å²) in [5.74, 6) is 1.23. The fraction of sp³-hybridized carbons (Fsp3) is 0.125. The Bertz CT molecular complexity index is 717. The number of para-hydroxylation sites is 1. The number of anilines is 3. The van der Waals surface area contributed by atoms with Crippen LogP contribution in [0.1, 0.15) is 5.56 Å². The van der Waals surface area contributed by atoms with E-state index in [1.165, 1.54) is 0 Å². The summed E-state index contributed by atoms with van der Waals surface area (Å²) in [6.45, 7) is 0.662. The number of rotatable bonds is 5. The van der Waals surface area contributed by atoms with E-state index >= 15 is 0 Å². The Morgan fingerprint density at radius 1 is 1.05 bits per heavy atom. The highest BCUT2D eigenvalue weighted by Crippen LogP contribution is 2.19. The van der Waals surface area contributed by atoms with Gasteiger partial charge in [-0.25, -0.2) is 0 Å². The van der Waals surface area contributed by atoms with Crippen LogP contribution in [0.5, 0.6) is 0 Å². The van der Waals surface area contributed by atoms with Crippen molar-refractivity contribution in [2.24, 2.45) is 0 Å². The molecule has 1 N–H and O–H groups in total. The second-order valence-electron chi connectivity index (χ2n) is 4.75. The number of pyridine rings is 1. The summed E-state index contributed by atoms with van der Waals surface area (Å²) in [5, 5.41) is 11.3. The monoisotopic (exact) mass is 292 g/mol. The van der Waals surface area contributed by atoms with Crippen molar-refractivity contribution in [2.75, 3.05) is 17.3 Å². The summed E-state index contributed by atoms with van der Waals surface area (Å²) in [6, 6.07) is 13.8. The van der Waals surface area contributed by atoms with Crippen LogP contribution in [0.4, 0.5) is 17.5 Å². The zero-order valence-corrected chi connectivity index (χ0v) is 12.2. The fourth-order valence-electron chi connectivity index (χ4n) is 1.98. The summed E-state index contributed by atoms with van der Waals surface area (Å²) in [6.07, 6.45) is 5.15. The molecule has 1 aromatic carbocycles. The Morgan fingerprint density at radius 3 is 2.59 bits per heavy atom. The van der Waals surface area contributed by atoms with Crippen LogP contribution in [-0.2, 0) is 6.54 Å². The lowest BCUT2D eigenvalue weighted by molar-refractivity contribution is 0.921. The van der Waals surface area contributed by atoms with E-state index in [1.54, 1.807) is 18.6 Å². The van der Waals surface area contributed by atoms with Crippen LogP contribution >= 0.6 is 0 Å². The molecular weight excluding hydrogens is 276 g/mol. The lowest BCUT2D eigenvalue weighted by Crippen LogP contribution is -2.15. The van der Waals surface area contributed by atoms with E-state index in [0.29, 0.717) is 18.3 Å². The van der Waals surface area contributed by atoms with Gasteiger partial charge in [0.15, 0.2) is 5.82 Å². The first-order valence-corrected chi connectivity index (χ1v) is 6.94. The SMILES string of the molecule is CN(c1ccccc1)c1nncc(NCc2ccncc2)n1. The molecule has 0 radical (unpaired) electrons. The van der Waals surface area contributed by atoms with Crippen LogP contribution in [-0.4, -0.2) is 27.2 Å². The lowest BCUT2D eigenvalue weighted by Gasteiger charge is -2.17. The molecule has 22 heavy (non-hydrogen) atoms. The molecule has 6 nitrogen and oxygen atoms in total. The quantitative estimate of drug-likeness (QED) is 0.780. The highest BCUT2D eigenvalue weighted by molar-refractivity contribution is 5.56. The molecule has 0 aliphatic rings. The van der Waals surface area contributed by atoms with Crippen LogP contribution in [0.2, 0.25) is 0 Å². The van der Waals surface area contributed by atoms with Crippen molar-refractivity contribution >= 4 is 17.5 Å². The number of aromatic nitrogens is 4. The molecule has 0 aliphatic heterocycles. The molecule has 0 atom stereocenters. The number of nitrogens with one attached hydrogen (secondary N) is 1. The van der Waals surface area contributed by atoms with Crippen molar-refractivity contribution in [3.05, 3.63) is 66.6 Å². The van der Waals surface area contributed by atoms with Crippen LogP contribution in [0.25, 0.3) is 0 Å². The third-order valence-electron chi connectivity index (χ3n) is 3.21. The van der Waals surface area contributed by atoms with Gasteiger partial charge in [0.2, 0.25) is 0 Å². The van der Waals surface area contributed by atoms with E-state index in [9.17, 15) is 0 Å². The summed E-state index contributed by atoms with van der Waals surface area (Å²) in [5.41, 5.74) is 2.14. The molecule has 3 aromatic rings. The zero-order chi connectivity index (χ0) is 15.2. The third kappa shape index (κ3) is 3.35. The van der Waals surface area contributed by atoms with Gasteiger partial charge < -0.3 is 10.2 Å². The highest BCUT2D eigenvalue weighted by atomic mass is 15.3.